The third-order valence-electron chi connectivity index (χ3n) is 2.57. The molecule has 0 aliphatic carbocycles. The van der Waals surface area contributed by atoms with E-state index in [1.54, 1.807) is 6.92 Å². The number of rotatable bonds is 5. The first kappa shape index (κ1) is 16.1. The Morgan fingerprint density at radius 1 is 1.57 bits per heavy atom. The van der Waals surface area contributed by atoms with Gasteiger partial charge < -0.3 is 5.32 Å². The van der Waals surface area contributed by atoms with Crippen molar-refractivity contribution in [1.29, 1.82) is 0 Å². The molecule has 1 aromatic heterocycles. The third kappa shape index (κ3) is 4.32. The van der Waals surface area contributed by atoms with Gasteiger partial charge in [0.1, 0.15) is 0 Å². The number of nitrogens with one attached hydrogen (secondary N) is 2. The van der Waals surface area contributed by atoms with Crippen LogP contribution < -0.4 is 5.32 Å². The molecule has 0 radical (unpaired) electrons. The molecule has 0 saturated carbocycles. The molecule has 112 valence electrons. The van der Waals surface area contributed by atoms with Gasteiger partial charge in [-0.2, -0.15) is 5.10 Å². The van der Waals surface area contributed by atoms with E-state index in [1.165, 1.54) is 35.2 Å². The quantitative estimate of drug-likeness (QED) is 0.642. The van der Waals surface area contributed by atoms with Crippen LogP contribution in [0.4, 0.5) is 8.78 Å². The van der Waals surface area contributed by atoms with Crippen molar-refractivity contribution in [1.82, 2.24) is 15.5 Å². The molecule has 1 atom stereocenters. The summed E-state index contributed by atoms with van der Waals surface area (Å²) in [6.07, 6.45) is 0. The number of aromatic amines is 1. The molecule has 1 aromatic carbocycles. The van der Waals surface area contributed by atoms with Crippen molar-refractivity contribution in [3.8, 4) is 0 Å². The van der Waals surface area contributed by atoms with Crippen LogP contribution in [0.15, 0.2) is 22.5 Å². The maximum Gasteiger partial charge on any atom is 0.230 e. The molecule has 0 spiro atoms. The van der Waals surface area contributed by atoms with E-state index in [-0.39, 0.29) is 17.2 Å². The maximum atomic E-state index is 13.6. The highest BCUT2D eigenvalue weighted by atomic mass is 32.2. The summed E-state index contributed by atoms with van der Waals surface area (Å²) >= 11 is 7.38. The van der Waals surface area contributed by atoms with Gasteiger partial charge in [-0.1, -0.05) is 35.2 Å². The summed E-state index contributed by atoms with van der Waals surface area (Å²) in [4.78, 5) is 11.8. The number of nitrogens with zero attached hydrogens (tertiary/aromatic N) is 1. The maximum absolute atomic E-state index is 13.6. The molecule has 1 heterocycles. The Morgan fingerprint density at radius 2 is 2.33 bits per heavy atom. The van der Waals surface area contributed by atoms with Crippen LogP contribution in [0, 0.1) is 15.6 Å². The molecule has 0 aliphatic heterocycles. The number of amides is 1. The standard InChI is InChI=1S/C12H11F2N3OS3/c1-6(7-3-2-4-8(13)10(7)14)15-9(18)5-20-12-17-16-11(19)21-12/h2-4,6H,5H2,1H3,(H,15,18)(H,16,19). The number of hydrogen-bond acceptors (Lipinski definition) is 5. The normalized spacial score (nSPS) is 12.1. The molecule has 9 heteroatoms. The van der Waals surface area contributed by atoms with Gasteiger partial charge >= 0.3 is 0 Å². The first-order chi connectivity index (χ1) is 9.97. The van der Waals surface area contributed by atoms with Gasteiger partial charge in [0.25, 0.3) is 0 Å². The van der Waals surface area contributed by atoms with Crippen molar-refractivity contribution in [2.24, 2.45) is 0 Å². The van der Waals surface area contributed by atoms with Gasteiger partial charge in [-0.25, -0.2) is 8.78 Å². The number of benzene rings is 1. The van der Waals surface area contributed by atoms with Crippen LogP contribution in [0.1, 0.15) is 18.5 Å². The number of aromatic nitrogens is 2. The molecular formula is C12H11F2N3OS3. The first-order valence-corrected chi connectivity index (χ1v) is 8.10. The summed E-state index contributed by atoms with van der Waals surface area (Å²) in [5, 5.41) is 9.14. The van der Waals surface area contributed by atoms with Gasteiger partial charge in [0.15, 0.2) is 19.9 Å². The van der Waals surface area contributed by atoms with E-state index in [4.69, 9.17) is 12.2 Å². The molecular weight excluding hydrogens is 336 g/mol. The largest absolute Gasteiger partial charge is 0.349 e. The summed E-state index contributed by atoms with van der Waals surface area (Å²) in [7, 11) is 0. The highest BCUT2D eigenvalue weighted by Gasteiger charge is 2.16. The zero-order valence-corrected chi connectivity index (χ0v) is 13.3. The molecule has 21 heavy (non-hydrogen) atoms. The Hall–Kier alpha value is -1.32. The highest BCUT2D eigenvalue weighted by molar-refractivity contribution is 8.01. The van der Waals surface area contributed by atoms with Crippen LogP contribution in [0.25, 0.3) is 0 Å². The van der Waals surface area contributed by atoms with Crippen molar-refractivity contribution < 1.29 is 13.6 Å². The highest BCUT2D eigenvalue weighted by Crippen LogP contribution is 2.21. The molecule has 2 N–H and O–H groups in total. The lowest BCUT2D eigenvalue weighted by Gasteiger charge is -2.14. The minimum Gasteiger partial charge on any atom is -0.349 e. The molecule has 0 saturated heterocycles. The average Bonchev–Trinajstić information content (AvgIpc) is 2.85. The monoisotopic (exact) mass is 347 g/mol. The molecule has 2 aromatic rings. The number of carbonyl (C=O) groups is 1. The second kappa shape index (κ2) is 7.10. The molecule has 0 fully saturated rings. The van der Waals surface area contributed by atoms with E-state index in [0.717, 1.165) is 6.07 Å². The van der Waals surface area contributed by atoms with E-state index in [1.807, 2.05) is 0 Å². The Balaban J connectivity index is 1.92. The summed E-state index contributed by atoms with van der Waals surface area (Å²) in [5.41, 5.74) is 0.115. The fourth-order valence-corrected chi connectivity index (χ4v) is 3.51. The first-order valence-electron chi connectivity index (χ1n) is 5.89. The smallest absolute Gasteiger partial charge is 0.230 e. The number of thioether (sulfide) groups is 1. The second-order valence-electron chi connectivity index (χ2n) is 4.10. The van der Waals surface area contributed by atoms with Gasteiger partial charge in [0.05, 0.1) is 11.8 Å². The SMILES string of the molecule is CC(NC(=O)CSc1n[nH]c(=S)s1)c1cccc(F)c1F. The van der Waals surface area contributed by atoms with Crippen molar-refractivity contribution >= 4 is 41.2 Å². The molecule has 4 nitrogen and oxygen atoms in total. The Kier molecular flexibility index (Phi) is 5.43. The lowest BCUT2D eigenvalue weighted by molar-refractivity contribution is -0.119. The van der Waals surface area contributed by atoms with E-state index in [2.05, 4.69) is 15.5 Å². The Labute approximate surface area is 133 Å². The predicted octanol–water partition coefficient (Wildman–Crippen LogP) is 3.45. The average molecular weight is 347 g/mol. The van der Waals surface area contributed by atoms with E-state index in [9.17, 15) is 13.6 Å². The zero-order valence-electron chi connectivity index (χ0n) is 10.9. The van der Waals surface area contributed by atoms with Crippen LogP contribution in [0.3, 0.4) is 0 Å². The minimum absolute atomic E-state index is 0.115. The lowest BCUT2D eigenvalue weighted by Crippen LogP contribution is -2.28. The van der Waals surface area contributed by atoms with Crippen molar-refractivity contribution in [2.75, 3.05) is 5.75 Å². The fraction of sp³-hybridized carbons (Fsp3) is 0.250. The van der Waals surface area contributed by atoms with Gasteiger partial charge in [-0.15, -0.1) is 0 Å². The van der Waals surface area contributed by atoms with Crippen molar-refractivity contribution in [3.05, 3.63) is 39.4 Å². The van der Waals surface area contributed by atoms with Crippen LogP contribution in [-0.4, -0.2) is 21.9 Å². The summed E-state index contributed by atoms with van der Waals surface area (Å²) < 4.78 is 27.9. The van der Waals surface area contributed by atoms with Crippen LogP contribution in [-0.2, 0) is 4.79 Å². The topological polar surface area (TPSA) is 57.8 Å². The van der Waals surface area contributed by atoms with E-state index in [0.29, 0.717) is 8.29 Å². The fourth-order valence-electron chi connectivity index (χ4n) is 1.62. The number of carbonyl (C=O) groups excluding carboxylic acids is 1. The molecule has 2 rings (SSSR count). The van der Waals surface area contributed by atoms with Gasteiger partial charge in [0, 0.05) is 5.56 Å². The summed E-state index contributed by atoms with van der Waals surface area (Å²) in [6.45, 7) is 1.60. The van der Waals surface area contributed by atoms with Gasteiger partial charge in [0.2, 0.25) is 5.91 Å². The second-order valence-corrected chi connectivity index (χ2v) is 6.99. The number of H-pyrrole nitrogens is 1. The van der Waals surface area contributed by atoms with Crippen molar-refractivity contribution in [2.45, 2.75) is 17.3 Å². The van der Waals surface area contributed by atoms with Crippen LogP contribution in [0.5, 0.6) is 0 Å². The van der Waals surface area contributed by atoms with Gasteiger partial charge in [-0.3, -0.25) is 9.89 Å². The molecule has 0 aliphatic rings. The third-order valence-corrected chi connectivity index (χ3v) is 4.80. The number of halogens is 2. The number of hydrogen-bond donors (Lipinski definition) is 2. The minimum atomic E-state index is -0.941. The zero-order chi connectivity index (χ0) is 15.4. The summed E-state index contributed by atoms with van der Waals surface area (Å²) in [6, 6.07) is 3.26. The Morgan fingerprint density at radius 3 is 3.00 bits per heavy atom. The lowest BCUT2D eigenvalue weighted by atomic mass is 10.1. The van der Waals surface area contributed by atoms with Crippen LogP contribution >= 0.6 is 35.3 Å². The van der Waals surface area contributed by atoms with Crippen LogP contribution in [0.2, 0.25) is 0 Å². The summed E-state index contributed by atoms with van der Waals surface area (Å²) in [5.74, 6) is -2.04. The molecule has 1 amide bonds. The molecule has 1 unspecified atom stereocenters. The van der Waals surface area contributed by atoms with Gasteiger partial charge in [-0.05, 0) is 25.2 Å². The predicted molar refractivity (Wildman–Crippen MR) is 80.9 cm³/mol. The van der Waals surface area contributed by atoms with E-state index < -0.39 is 17.7 Å². The van der Waals surface area contributed by atoms with E-state index >= 15 is 0 Å². The Bertz CT molecular complexity index is 701. The molecule has 0 bridgehead atoms. The van der Waals surface area contributed by atoms with Crippen molar-refractivity contribution in [3.63, 3.8) is 0 Å².